The van der Waals surface area contributed by atoms with Crippen LogP contribution in [0, 0.1) is 13.8 Å². The first-order chi connectivity index (χ1) is 5.09. The number of aryl methyl sites for hydroxylation is 2. The molecule has 1 heterocycles. The lowest BCUT2D eigenvalue weighted by Gasteiger charge is -1.90. The predicted octanol–water partition coefficient (Wildman–Crippen LogP) is 3.79. The molecule has 1 rings (SSSR count). The first kappa shape index (κ1) is 8.54. The topological polar surface area (TPSA) is 0 Å². The van der Waals surface area contributed by atoms with E-state index in [2.05, 4.69) is 39.8 Å². The first-order valence-electron chi connectivity index (χ1n) is 3.81. The van der Waals surface area contributed by atoms with Crippen molar-refractivity contribution in [2.24, 2.45) is 0 Å². The van der Waals surface area contributed by atoms with Crippen LogP contribution in [-0.2, 0) is 0 Å². The van der Waals surface area contributed by atoms with Crippen molar-refractivity contribution in [1.29, 1.82) is 0 Å². The van der Waals surface area contributed by atoms with Gasteiger partial charge in [0.1, 0.15) is 0 Å². The van der Waals surface area contributed by atoms with Gasteiger partial charge in [0.2, 0.25) is 0 Å². The zero-order valence-corrected chi connectivity index (χ0v) is 8.38. The van der Waals surface area contributed by atoms with E-state index in [0.717, 1.165) is 0 Å². The minimum absolute atomic E-state index is 1.37. The molecule has 0 aliphatic carbocycles. The molecule has 0 aromatic carbocycles. The Kier molecular flexibility index (Phi) is 2.50. The highest BCUT2D eigenvalue weighted by Crippen LogP contribution is 2.23. The standard InChI is InChI=1S/C10H14S/c1-7(2)5-10-8(3)6-9(4)11-10/h5-6H,1-4H3. The third-order valence-corrected chi connectivity index (χ3v) is 2.60. The molecule has 0 radical (unpaired) electrons. The van der Waals surface area contributed by atoms with Crippen molar-refractivity contribution < 1.29 is 0 Å². The van der Waals surface area contributed by atoms with Crippen LogP contribution in [0.1, 0.15) is 29.2 Å². The maximum absolute atomic E-state index is 2.24. The molecule has 0 fully saturated rings. The van der Waals surface area contributed by atoms with E-state index < -0.39 is 0 Å². The van der Waals surface area contributed by atoms with Gasteiger partial charge in [0.15, 0.2) is 0 Å². The lowest BCUT2D eigenvalue weighted by molar-refractivity contribution is 1.42. The summed E-state index contributed by atoms with van der Waals surface area (Å²) in [6, 6.07) is 2.24. The molecule has 0 saturated carbocycles. The Morgan fingerprint density at radius 3 is 2.36 bits per heavy atom. The van der Waals surface area contributed by atoms with Gasteiger partial charge >= 0.3 is 0 Å². The lowest BCUT2D eigenvalue weighted by atomic mass is 10.2. The summed E-state index contributed by atoms with van der Waals surface area (Å²) < 4.78 is 0. The van der Waals surface area contributed by atoms with Crippen molar-refractivity contribution in [3.05, 3.63) is 27.0 Å². The maximum Gasteiger partial charge on any atom is 0.0301 e. The minimum atomic E-state index is 1.37. The fraction of sp³-hybridized carbons (Fsp3) is 0.400. The van der Waals surface area contributed by atoms with E-state index in [1.807, 2.05) is 11.3 Å². The predicted molar refractivity (Wildman–Crippen MR) is 53.1 cm³/mol. The smallest absolute Gasteiger partial charge is 0.0301 e. The third kappa shape index (κ3) is 2.19. The molecule has 0 unspecified atom stereocenters. The number of hydrogen-bond acceptors (Lipinski definition) is 1. The van der Waals surface area contributed by atoms with Gasteiger partial charge in [-0.3, -0.25) is 0 Å². The van der Waals surface area contributed by atoms with E-state index >= 15 is 0 Å². The average molecular weight is 166 g/mol. The van der Waals surface area contributed by atoms with Crippen LogP contribution in [-0.4, -0.2) is 0 Å². The Morgan fingerprint density at radius 2 is 2.00 bits per heavy atom. The summed E-state index contributed by atoms with van der Waals surface area (Å²) in [4.78, 5) is 2.80. The van der Waals surface area contributed by atoms with Crippen molar-refractivity contribution in [3.63, 3.8) is 0 Å². The summed E-state index contributed by atoms with van der Waals surface area (Å²) in [5.41, 5.74) is 2.77. The van der Waals surface area contributed by atoms with Crippen LogP contribution in [0.5, 0.6) is 0 Å². The van der Waals surface area contributed by atoms with Gasteiger partial charge in [0, 0.05) is 9.75 Å². The molecule has 0 nitrogen and oxygen atoms in total. The summed E-state index contributed by atoms with van der Waals surface area (Å²) in [7, 11) is 0. The summed E-state index contributed by atoms with van der Waals surface area (Å²) >= 11 is 1.87. The molecular formula is C10H14S. The van der Waals surface area contributed by atoms with Gasteiger partial charge in [-0.1, -0.05) is 5.57 Å². The highest BCUT2D eigenvalue weighted by Gasteiger charge is 1.98. The van der Waals surface area contributed by atoms with Gasteiger partial charge in [0.05, 0.1) is 0 Å². The highest BCUT2D eigenvalue weighted by atomic mass is 32.1. The fourth-order valence-electron chi connectivity index (χ4n) is 1.06. The van der Waals surface area contributed by atoms with Crippen LogP contribution in [0.4, 0.5) is 0 Å². The minimum Gasteiger partial charge on any atom is -0.141 e. The van der Waals surface area contributed by atoms with Crippen LogP contribution in [0.3, 0.4) is 0 Å². The quantitative estimate of drug-likeness (QED) is 0.595. The summed E-state index contributed by atoms with van der Waals surface area (Å²) in [6.45, 7) is 8.58. The van der Waals surface area contributed by atoms with E-state index in [0.29, 0.717) is 0 Å². The van der Waals surface area contributed by atoms with E-state index in [-0.39, 0.29) is 0 Å². The Morgan fingerprint density at radius 1 is 1.36 bits per heavy atom. The van der Waals surface area contributed by atoms with E-state index in [9.17, 15) is 0 Å². The third-order valence-electron chi connectivity index (χ3n) is 1.50. The Balaban J connectivity index is 3.04. The van der Waals surface area contributed by atoms with Crippen LogP contribution >= 0.6 is 11.3 Å². The molecule has 0 aliphatic heterocycles. The second kappa shape index (κ2) is 3.22. The molecule has 0 spiro atoms. The Labute approximate surface area is 72.6 Å². The molecule has 60 valence electrons. The second-order valence-electron chi connectivity index (χ2n) is 3.13. The van der Waals surface area contributed by atoms with Gasteiger partial charge in [-0.05, 0) is 45.4 Å². The first-order valence-corrected chi connectivity index (χ1v) is 4.63. The summed E-state index contributed by atoms with van der Waals surface area (Å²) in [6.07, 6.45) is 2.24. The molecule has 0 saturated heterocycles. The molecule has 1 aromatic heterocycles. The molecule has 0 aliphatic rings. The number of rotatable bonds is 1. The number of hydrogen-bond donors (Lipinski definition) is 0. The van der Waals surface area contributed by atoms with Crippen LogP contribution in [0.2, 0.25) is 0 Å². The van der Waals surface area contributed by atoms with E-state index in [1.54, 1.807) is 0 Å². The second-order valence-corrected chi connectivity index (χ2v) is 4.41. The lowest BCUT2D eigenvalue weighted by Crippen LogP contribution is -1.68. The molecule has 1 heteroatoms. The van der Waals surface area contributed by atoms with Crippen molar-refractivity contribution in [2.75, 3.05) is 0 Å². The molecular weight excluding hydrogens is 152 g/mol. The normalized spacial score (nSPS) is 9.82. The number of allylic oxidation sites excluding steroid dienone is 1. The van der Waals surface area contributed by atoms with Crippen LogP contribution in [0.15, 0.2) is 11.6 Å². The number of thiophene rings is 1. The molecule has 1 aromatic rings. The van der Waals surface area contributed by atoms with Crippen LogP contribution in [0.25, 0.3) is 6.08 Å². The van der Waals surface area contributed by atoms with Gasteiger partial charge in [-0.25, -0.2) is 0 Å². The largest absolute Gasteiger partial charge is 0.141 e. The van der Waals surface area contributed by atoms with Crippen molar-refractivity contribution >= 4 is 17.4 Å². The fourth-order valence-corrected chi connectivity index (χ4v) is 2.16. The van der Waals surface area contributed by atoms with Crippen molar-refractivity contribution in [1.82, 2.24) is 0 Å². The summed E-state index contributed by atoms with van der Waals surface area (Å²) in [5, 5.41) is 0. The molecule has 0 atom stereocenters. The van der Waals surface area contributed by atoms with Crippen molar-refractivity contribution in [2.45, 2.75) is 27.7 Å². The maximum atomic E-state index is 2.24. The Bertz CT molecular complexity index is 275. The van der Waals surface area contributed by atoms with Crippen LogP contribution < -0.4 is 0 Å². The van der Waals surface area contributed by atoms with Gasteiger partial charge < -0.3 is 0 Å². The highest BCUT2D eigenvalue weighted by molar-refractivity contribution is 7.13. The van der Waals surface area contributed by atoms with Gasteiger partial charge in [-0.2, -0.15) is 0 Å². The SMILES string of the molecule is CC(C)=Cc1sc(C)cc1C. The zero-order valence-electron chi connectivity index (χ0n) is 7.56. The monoisotopic (exact) mass is 166 g/mol. The van der Waals surface area contributed by atoms with E-state index in [1.165, 1.54) is 20.9 Å². The molecule has 0 N–H and O–H groups in total. The van der Waals surface area contributed by atoms with Gasteiger partial charge in [-0.15, -0.1) is 11.3 Å². The zero-order chi connectivity index (χ0) is 8.43. The molecule has 0 amide bonds. The van der Waals surface area contributed by atoms with Crippen molar-refractivity contribution in [3.8, 4) is 0 Å². The Hall–Kier alpha value is -0.560. The molecule has 11 heavy (non-hydrogen) atoms. The molecule has 0 bridgehead atoms. The van der Waals surface area contributed by atoms with Gasteiger partial charge in [0.25, 0.3) is 0 Å². The average Bonchev–Trinajstić information content (AvgIpc) is 2.09. The summed E-state index contributed by atoms with van der Waals surface area (Å²) in [5.74, 6) is 0. The van der Waals surface area contributed by atoms with E-state index in [4.69, 9.17) is 0 Å².